The summed E-state index contributed by atoms with van der Waals surface area (Å²) in [7, 11) is 0. The molecule has 2 unspecified atom stereocenters. The lowest BCUT2D eigenvalue weighted by atomic mass is 9.79. The van der Waals surface area contributed by atoms with Gasteiger partial charge < -0.3 is 10.1 Å². The lowest BCUT2D eigenvalue weighted by Crippen LogP contribution is -2.62. The molecule has 2 aromatic heterocycles. The lowest BCUT2D eigenvalue weighted by molar-refractivity contribution is 0.0218. The largest absolute Gasteiger partial charge is 0.419 e. The van der Waals surface area contributed by atoms with E-state index < -0.39 is 0 Å². The van der Waals surface area contributed by atoms with Crippen molar-refractivity contribution in [3.05, 3.63) is 22.0 Å². The summed E-state index contributed by atoms with van der Waals surface area (Å²) in [5.74, 6) is 0.600. The molecule has 5 heterocycles. The maximum Gasteiger partial charge on any atom is 0.300 e. The molecule has 3 aliphatic heterocycles. The molecular formula is C16H20N4O2S2. The maximum atomic E-state index is 12.6. The number of carbonyl (C=O) groups excluding carboxylic acids is 1. The fourth-order valence-corrected chi connectivity index (χ4v) is 5.03. The first kappa shape index (κ1) is 16.0. The minimum absolute atomic E-state index is 0.00565. The first-order valence-corrected chi connectivity index (χ1v) is 9.86. The zero-order chi connectivity index (χ0) is 16.7. The van der Waals surface area contributed by atoms with Crippen LogP contribution in [0.3, 0.4) is 0 Å². The van der Waals surface area contributed by atoms with Gasteiger partial charge >= 0.3 is 0 Å². The van der Waals surface area contributed by atoms with Crippen molar-refractivity contribution in [2.24, 2.45) is 5.92 Å². The highest BCUT2D eigenvalue weighted by Crippen LogP contribution is 2.34. The highest BCUT2D eigenvalue weighted by molar-refractivity contribution is 7.16. The molecule has 2 aromatic rings. The Hall–Kier alpha value is -1.51. The van der Waals surface area contributed by atoms with Crippen LogP contribution in [0.25, 0.3) is 0 Å². The van der Waals surface area contributed by atoms with Crippen molar-refractivity contribution in [1.82, 2.24) is 20.4 Å². The van der Waals surface area contributed by atoms with Crippen LogP contribution in [-0.2, 0) is 0 Å². The van der Waals surface area contributed by atoms with E-state index in [4.69, 9.17) is 4.74 Å². The summed E-state index contributed by atoms with van der Waals surface area (Å²) in [6.45, 7) is 6.43. The quantitative estimate of drug-likeness (QED) is 0.903. The minimum Gasteiger partial charge on any atom is -0.419 e. The van der Waals surface area contributed by atoms with Gasteiger partial charge in [0.2, 0.25) is 0 Å². The van der Waals surface area contributed by atoms with Crippen LogP contribution in [0, 0.1) is 12.8 Å². The Bertz CT molecular complexity index is 734. The third-order valence-electron chi connectivity index (χ3n) is 4.98. The Balaban J connectivity index is 1.41. The highest BCUT2D eigenvalue weighted by atomic mass is 32.1. The number of rotatable bonds is 4. The number of hydrogen-bond acceptors (Lipinski definition) is 7. The smallest absolute Gasteiger partial charge is 0.300 e. The number of fused-ring (bicyclic) bond motifs is 3. The number of hydrogen-bond donors (Lipinski definition) is 1. The molecule has 2 bridgehead atoms. The highest BCUT2D eigenvalue weighted by Gasteiger charge is 2.40. The summed E-state index contributed by atoms with van der Waals surface area (Å²) >= 11 is 2.74. The Labute approximate surface area is 148 Å². The topological polar surface area (TPSA) is 67.3 Å². The number of thiophene rings is 1. The summed E-state index contributed by atoms with van der Waals surface area (Å²) in [5.41, 5.74) is 0. The van der Waals surface area contributed by atoms with E-state index in [1.54, 1.807) is 0 Å². The Morgan fingerprint density at radius 1 is 1.29 bits per heavy atom. The number of nitrogens with one attached hydrogen (secondary N) is 1. The molecule has 0 spiro atoms. The minimum atomic E-state index is -0.00565. The number of piperidine rings is 3. The second-order valence-electron chi connectivity index (χ2n) is 6.42. The Morgan fingerprint density at radius 2 is 2.08 bits per heavy atom. The number of nitrogens with zero attached hydrogens (tertiary/aromatic N) is 3. The molecule has 8 heteroatoms. The van der Waals surface area contributed by atoms with Crippen LogP contribution in [0.2, 0.25) is 0 Å². The molecule has 0 saturated carbocycles. The number of aromatic nitrogens is 2. The predicted molar refractivity (Wildman–Crippen MR) is 94.1 cm³/mol. The van der Waals surface area contributed by atoms with Gasteiger partial charge in [-0.05, 0) is 57.8 Å². The van der Waals surface area contributed by atoms with Crippen LogP contribution in [0.1, 0.15) is 34.4 Å². The molecule has 1 amide bonds. The first-order valence-electron chi connectivity index (χ1n) is 8.23. The average molecular weight is 364 g/mol. The summed E-state index contributed by atoms with van der Waals surface area (Å²) in [6.07, 6.45) is 2.37. The van der Waals surface area contributed by atoms with Gasteiger partial charge in [0.15, 0.2) is 5.06 Å². The van der Waals surface area contributed by atoms with Crippen LogP contribution < -0.4 is 10.1 Å². The lowest BCUT2D eigenvalue weighted by Gasteiger charge is -2.49. The van der Waals surface area contributed by atoms with Crippen molar-refractivity contribution >= 4 is 28.6 Å². The van der Waals surface area contributed by atoms with E-state index in [1.165, 1.54) is 35.5 Å². The van der Waals surface area contributed by atoms with Crippen molar-refractivity contribution in [2.75, 3.05) is 13.1 Å². The van der Waals surface area contributed by atoms with Gasteiger partial charge in [-0.3, -0.25) is 9.69 Å². The van der Waals surface area contributed by atoms with Gasteiger partial charge in [-0.25, -0.2) is 0 Å². The van der Waals surface area contributed by atoms with Crippen molar-refractivity contribution in [1.29, 1.82) is 0 Å². The second kappa shape index (κ2) is 6.42. The van der Waals surface area contributed by atoms with E-state index in [9.17, 15) is 4.79 Å². The molecule has 0 aliphatic carbocycles. The standard InChI is InChI=1S/C16H20N4O2S2/c1-9-14(11-5-7-20(9)8-6-11)17-15(21)12-3-4-13(24-12)22-16-19-18-10(2)23-16/h3-4,9,11,14H,5-8H2,1-2H3,(H,17,21). The summed E-state index contributed by atoms with van der Waals surface area (Å²) in [4.78, 5) is 15.8. The zero-order valence-electron chi connectivity index (χ0n) is 13.7. The average Bonchev–Trinajstić information content (AvgIpc) is 3.21. The fourth-order valence-electron chi connectivity index (χ4n) is 3.67. The first-order chi connectivity index (χ1) is 11.6. The van der Waals surface area contributed by atoms with Crippen LogP contribution in [0.4, 0.5) is 0 Å². The van der Waals surface area contributed by atoms with E-state index in [2.05, 4.69) is 27.3 Å². The molecule has 24 heavy (non-hydrogen) atoms. The number of amides is 1. The molecule has 3 aliphatic rings. The van der Waals surface area contributed by atoms with E-state index in [0.29, 0.717) is 27.1 Å². The van der Waals surface area contributed by atoms with E-state index in [1.807, 2.05) is 19.1 Å². The van der Waals surface area contributed by atoms with Crippen LogP contribution >= 0.6 is 22.7 Å². The molecule has 1 N–H and O–H groups in total. The molecule has 3 fully saturated rings. The molecule has 0 radical (unpaired) electrons. The summed E-state index contributed by atoms with van der Waals surface area (Å²) in [6, 6.07) is 4.30. The van der Waals surface area contributed by atoms with Crippen LogP contribution in [0.15, 0.2) is 12.1 Å². The maximum absolute atomic E-state index is 12.6. The molecule has 6 nitrogen and oxygen atoms in total. The van der Waals surface area contributed by atoms with Gasteiger partial charge in [0.25, 0.3) is 11.1 Å². The van der Waals surface area contributed by atoms with Crippen molar-refractivity contribution in [2.45, 2.75) is 38.8 Å². The van der Waals surface area contributed by atoms with Crippen molar-refractivity contribution in [3.8, 4) is 10.3 Å². The molecule has 5 rings (SSSR count). The Kier molecular flexibility index (Phi) is 4.28. The summed E-state index contributed by atoms with van der Waals surface area (Å²) in [5, 5.41) is 13.1. The fraction of sp³-hybridized carbons (Fsp3) is 0.562. The molecule has 128 valence electrons. The van der Waals surface area contributed by atoms with Gasteiger partial charge in [0, 0.05) is 12.1 Å². The molecule has 0 aromatic carbocycles. The van der Waals surface area contributed by atoms with Gasteiger partial charge in [-0.15, -0.1) is 5.10 Å². The molecular weight excluding hydrogens is 344 g/mol. The van der Waals surface area contributed by atoms with Crippen LogP contribution in [0.5, 0.6) is 10.3 Å². The third kappa shape index (κ3) is 3.05. The van der Waals surface area contributed by atoms with E-state index in [0.717, 1.165) is 18.1 Å². The van der Waals surface area contributed by atoms with Crippen molar-refractivity contribution < 1.29 is 9.53 Å². The van der Waals surface area contributed by atoms with E-state index >= 15 is 0 Å². The number of ether oxygens (including phenoxy) is 1. The zero-order valence-corrected chi connectivity index (χ0v) is 15.3. The van der Waals surface area contributed by atoms with Gasteiger partial charge in [-0.2, -0.15) is 0 Å². The normalized spacial score (nSPS) is 28.8. The molecule has 3 saturated heterocycles. The second-order valence-corrected chi connectivity index (χ2v) is 8.61. The Morgan fingerprint density at radius 3 is 2.75 bits per heavy atom. The van der Waals surface area contributed by atoms with Crippen LogP contribution in [-0.4, -0.2) is 46.2 Å². The predicted octanol–water partition coefficient (Wildman–Crippen LogP) is 2.91. The van der Waals surface area contributed by atoms with Gasteiger partial charge in [0.05, 0.1) is 4.88 Å². The van der Waals surface area contributed by atoms with E-state index in [-0.39, 0.29) is 11.9 Å². The summed E-state index contributed by atoms with van der Waals surface area (Å²) < 4.78 is 5.67. The van der Waals surface area contributed by atoms with Gasteiger partial charge in [-0.1, -0.05) is 27.8 Å². The van der Waals surface area contributed by atoms with Gasteiger partial charge in [0.1, 0.15) is 5.01 Å². The third-order valence-corrected chi connectivity index (χ3v) is 6.65. The molecule has 2 atom stereocenters. The monoisotopic (exact) mass is 364 g/mol. The number of carbonyl (C=O) groups is 1. The number of aryl methyl sites for hydroxylation is 1. The van der Waals surface area contributed by atoms with Crippen molar-refractivity contribution in [3.63, 3.8) is 0 Å². The SMILES string of the molecule is Cc1nnc(Oc2ccc(C(=O)NC3C4CCN(CC4)C3C)s2)s1.